The number of ether oxygens (including phenoxy) is 1. The van der Waals surface area contributed by atoms with E-state index in [4.69, 9.17) is 15.5 Å². The van der Waals surface area contributed by atoms with Gasteiger partial charge in [0, 0.05) is 30.9 Å². The Morgan fingerprint density at radius 1 is 0.976 bits per heavy atom. The molecule has 0 saturated heterocycles. The van der Waals surface area contributed by atoms with Crippen molar-refractivity contribution in [2.45, 2.75) is 13.0 Å². The van der Waals surface area contributed by atoms with Gasteiger partial charge in [0.2, 0.25) is 11.5 Å². The first-order valence-corrected chi connectivity index (χ1v) is 13.9. The van der Waals surface area contributed by atoms with E-state index in [1.165, 1.54) is 22.0 Å². The lowest BCUT2D eigenvalue weighted by molar-refractivity contribution is 0.412. The molecule has 1 atom stereocenters. The lowest BCUT2D eigenvalue weighted by atomic mass is 10.0. The van der Waals surface area contributed by atoms with E-state index in [0.29, 0.717) is 50.2 Å². The number of thiazole rings is 1. The van der Waals surface area contributed by atoms with Crippen LogP contribution in [0.15, 0.2) is 88.0 Å². The highest BCUT2D eigenvalue weighted by molar-refractivity contribution is 7.11. The van der Waals surface area contributed by atoms with Gasteiger partial charge in [-0.05, 0) is 42.3 Å². The minimum atomic E-state index is -0.503. The minimum Gasteiger partial charge on any atom is -0.473 e. The van der Waals surface area contributed by atoms with Crippen molar-refractivity contribution in [2.24, 2.45) is 7.05 Å². The van der Waals surface area contributed by atoms with Gasteiger partial charge in [0.05, 0.1) is 41.0 Å². The standard InChI is InChI=1S/C30H26N8O3S/c1-17(33-26-21(14-32-29(31)36-26)23-16-42-30(35-23)41-3)27-34-22-11-7-10-20(18-12-13-24(39)37(2)15-18)25(22)28(40)38(27)19-8-5-4-6-9-19/h4-17H,1-3H3,(H3,31,32,33,36). The number of para-hydroxylation sites is 1. The quantitative estimate of drug-likeness (QED) is 0.281. The first-order valence-electron chi connectivity index (χ1n) is 13.0. The molecule has 0 aliphatic heterocycles. The Morgan fingerprint density at radius 2 is 1.79 bits per heavy atom. The van der Waals surface area contributed by atoms with Crippen LogP contribution in [0, 0.1) is 0 Å². The van der Waals surface area contributed by atoms with Gasteiger partial charge >= 0.3 is 0 Å². The minimum absolute atomic E-state index is 0.0875. The Morgan fingerprint density at radius 3 is 2.52 bits per heavy atom. The number of pyridine rings is 1. The SMILES string of the molecule is COc1nc(-c2cnc(N)nc2NC(C)c2nc3cccc(-c4ccc(=O)n(C)c4)c3c(=O)n2-c2ccccc2)cs1. The lowest BCUT2D eigenvalue weighted by Crippen LogP contribution is -2.28. The van der Waals surface area contributed by atoms with E-state index in [1.807, 2.05) is 60.8 Å². The molecular weight excluding hydrogens is 552 g/mol. The molecular formula is C30H26N8O3S. The molecule has 2 aromatic carbocycles. The van der Waals surface area contributed by atoms with Crippen LogP contribution in [0.2, 0.25) is 0 Å². The molecule has 0 radical (unpaired) electrons. The molecule has 6 aromatic rings. The van der Waals surface area contributed by atoms with Crippen molar-refractivity contribution in [1.29, 1.82) is 0 Å². The average Bonchev–Trinajstić information content (AvgIpc) is 3.48. The van der Waals surface area contributed by atoms with Crippen molar-refractivity contribution < 1.29 is 4.74 Å². The summed E-state index contributed by atoms with van der Waals surface area (Å²) in [6.45, 7) is 1.90. The monoisotopic (exact) mass is 578 g/mol. The van der Waals surface area contributed by atoms with Crippen LogP contribution in [-0.2, 0) is 7.05 Å². The van der Waals surface area contributed by atoms with Crippen LogP contribution in [0.5, 0.6) is 5.19 Å². The van der Waals surface area contributed by atoms with Gasteiger partial charge in [-0.2, -0.15) is 4.98 Å². The predicted molar refractivity (Wildman–Crippen MR) is 164 cm³/mol. The number of benzene rings is 2. The zero-order valence-corrected chi connectivity index (χ0v) is 23.8. The zero-order chi connectivity index (χ0) is 29.4. The van der Waals surface area contributed by atoms with E-state index in [9.17, 15) is 9.59 Å². The molecule has 11 nitrogen and oxygen atoms in total. The Hall–Kier alpha value is -5.36. The number of fused-ring (bicyclic) bond motifs is 1. The molecule has 1 unspecified atom stereocenters. The van der Waals surface area contributed by atoms with Crippen molar-refractivity contribution in [3.63, 3.8) is 0 Å². The van der Waals surface area contributed by atoms with Crippen molar-refractivity contribution >= 4 is 34.0 Å². The third-order valence-electron chi connectivity index (χ3n) is 6.82. The summed E-state index contributed by atoms with van der Waals surface area (Å²) in [5.41, 5.74) is 9.43. The molecule has 3 N–H and O–H groups in total. The van der Waals surface area contributed by atoms with Gasteiger partial charge in [-0.15, -0.1) is 0 Å². The van der Waals surface area contributed by atoms with Crippen LogP contribution in [0.4, 0.5) is 11.8 Å². The van der Waals surface area contributed by atoms with Gasteiger partial charge < -0.3 is 20.4 Å². The maximum Gasteiger partial charge on any atom is 0.273 e. The van der Waals surface area contributed by atoms with Crippen molar-refractivity contribution in [3.8, 4) is 33.3 Å². The third kappa shape index (κ3) is 4.88. The maximum absolute atomic E-state index is 14.4. The number of nitrogen functional groups attached to an aromatic ring is 1. The van der Waals surface area contributed by atoms with Gasteiger partial charge in [0.15, 0.2) is 0 Å². The second-order valence-corrected chi connectivity index (χ2v) is 10.4. The summed E-state index contributed by atoms with van der Waals surface area (Å²) in [6.07, 6.45) is 3.32. The average molecular weight is 579 g/mol. The molecule has 0 amide bonds. The van der Waals surface area contributed by atoms with Crippen molar-refractivity contribution in [3.05, 3.63) is 105 Å². The van der Waals surface area contributed by atoms with Crippen molar-refractivity contribution in [2.75, 3.05) is 18.2 Å². The molecule has 4 aromatic heterocycles. The van der Waals surface area contributed by atoms with E-state index in [1.54, 1.807) is 37.2 Å². The topological polar surface area (TPSA) is 143 Å². The molecule has 210 valence electrons. The van der Waals surface area contributed by atoms with Gasteiger partial charge in [-0.25, -0.2) is 15.0 Å². The molecule has 12 heteroatoms. The van der Waals surface area contributed by atoms with Crippen LogP contribution in [0.25, 0.3) is 39.0 Å². The fraction of sp³-hybridized carbons (Fsp3) is 0.133. The first kappa shape index (κ1) is 26.8. The summed E-state index contributed by atoms with van der Waals surface area (Å²) in [6, 6.07) is 17.6. The maximum atomic E-state index is 14.4. The van der Waals surface area contributed by atoms with Crippen LogP contribution in [-0.4, -0.2) is 36.2 Å². The number of rotatable bonds is 7. The molecule has 4 heterocycles. The number of methoxy groups -OCH3 is 1. The molecule has 0 aliphatic carbocycles. The first-order chi connectivity index (χ1) is 20.3. The van der Waals surface area contributed by atoms with Crippen molar-refractivity contribution in [1.82, 2.24) is 29.1 Å². The highest BCUT2D eigenvalue weighted by Gasteiger charge is 2.22. The summed E-state index contributed by atoms with van der Waals surface area (Å²) < 4.78 is 8.35. The van der Waals surface area contributed by atoms with E-state index in [2.05, 4.69) is 20.3 Å². The van der Waals surface area contributed by atoms with Crippen LogP contribution in [0.3, 0.4) is 0 Å². The number of aryl methyl sites for hydroxylation is 1. The summed E-state index contributed by atoms with van der Waals surface area (Å²) in [4.78, 5) is 44.5. The van der Waals surface area contributed by atoms with Gasteiger partial charge in [0.1, 0.15) is 11.6 Å². The highest BCUT2D eigenvalue weighted by atomic mass is 32.1. The normalized spacial score (nSPS) is 11.9. The van der Waals surface area contributed by atoms with Crippen LogP contribution >= 0.6 is 11.3 Å². The molecule has 0 spiro atoms. The highest BCUT2D eigenvalue weighted by Crippen LogP contribution is 2.33. The van der Waals surface area contributed by atoms with Crippen LogP contribution in [0.1, 0.15) is 18.8 Å². The molecule has 0 aliphatic rings. The van der Waals surface area contributed by atoms with E-state index in [0.717, 1.165) is 5.56 Å². The number of anilines is 2. The Kier molecular flexibility index (Phi) is 6.97. The Labute approximate surface area is 244 Å². The molecule has 0 bridgehead atoms. The molecule has 6 rings (SSSR count). The summed E-state index contributed by atoms with van der Waals surface area (Å²) in [5, 5.41) is 6.18. The number of nitrogens with zero attached hydrogens (tertiary/aromatic N) is 6. The summed E-state index contributed by atoms with van der Waals surface area (Å²) in [5.74, 6) is 0.996. The number of nitrogens with one attached hydrogen (secondary N) is 1. The van der Waals surface area contributed by atoms with Gasteiger partial charge in [-0.3, -0.25) is 14.2 Å². The van der Waals surface area contributed by atoms with E-state index < -0.39 is 6.04 Å². The zero-order valence-electron chi connectivity index (χ0n) is 23.0. The second kappa shape index (κ2) is 10.9. The van der Waals surface area contributed by atoms with Crippen LogP contribution < -0.4 is 26.9 Å². The van der Waals surface area contributed by atoms with Gasteiger partial charge in [-0.1, -0.05) is 41.7 Å². The third-order valence-corrected chi connectivity index (χ3v) is 7.62. The second-order valence-electron chi connectivity index (χ2n) is 9.57. The molecule has 0 saturated carbocycles. The Balaban J connectivity index is 1.53. The number of nitrogens with two attached hydrogens (primary N) is 1. The lowest BCUT2D eigenvalue weighted by Gasteiger charge is -2.21. The smallest absolute Gasteiger partial charge is 0.273 e. The van der Waals surface area contributed by atoms with E-state index in [-0.39, 0.29) is 17.1 Å². The fourth-order valence-corrected chi connectivity index (χ4v) is 5.43. The molecule has 42 heavy (non-hydrogen) atoms. The fourth-order valence-electron chi connectivity index (χ4n) is 4.80. The number of hydrogen-bond acceptors (Lipinski definition) is 10. The number of aromatic nitrogens is 6. The predicted octanol–water partition coefficient (Wildman–Crippen LogP) is 4.43. The molecule has 0 fully saturated rings. The largest absolute Gasteiger partial charge is 0.473 e. The summed E-state index contributed by atoms with van der Waals surface area (Å²) >= 11 is 1.35. The van der Waals surface area contributed by atoms with Gasteiger partial charge in [0.25, 0.3) is 10.8 Å². The number of hydrogen-bond donors (Lipinski definition) is 2. The summed E-state index contributed by atoms with van der Waals surface area (Å²) in [7, 11) is 3.24. The Bertz CT molecular complexity index is 2050. The van der Waals surface area contributed by atoms with E-state index >= 15 is 0 Å².